The smallest absolute Gasteiger partial charge is 0.0572 e. The van der Waals surface area contributed by atoms with Crippen molar-refractivity contribution in [3.63, 3.8) is 0 Å². The van der Waals surface area contributed by atoms with E-state index in [1.807, 2.05) is 11.8 Å². The van der Waals surface area contributed by atoms with Gasteiger partial charge in [-0.1, -0.05) is 18.2 Å². The molecule has 2 rings (SSSR count). The Labute approximate surface area is 82.6 Å². The fraction of sp³-hybridized carbons (Fsp3) is 0.400. The lowest BCUT2D eigenvalue weighted by molar-refractivity contribution is 0.0924. The zero-order chi connectivity index (χ0) is 9.10. The second-order valence-corrected chi connectivity index (χ2v) is 4.45. The van der Waals surface area contributed by atoms with Gasteiger partial charge in [0.05, 0.1) is 7.11 Å². The van der Waals surface area contributed by atoms with Gasteiger partial charge in [-0.2, -0.15) is 0 Å². The van der Waals surface area contributed by atoms with E-state index in [1.165, 1.54) is 10.5 Å². The normalized spacial score (nSPS) is 20.2. The number of rotatable bonds is 3. The second kappa shape index (κ2) is 4.13. The third-order valence-corrected chi connectivity index (χ3v) is 3.49. The lowest BCUT2D eigenvalue weighted by Crippen LogP contribution is -2.23. The van der Waals surface area contributed by atoms with Crippen LogP contribution in [0.15, 0.2) is 29.2 Å². The standard InChI is InChI=1S/C10H13NOS/c1-12-11-7-9-6-8-4-2-3-5-10(8)13-9/h2-5,9,11H,6-7H2,1H3. The summed E-state index contributed by atoms with van der Waals surface area (Å²) in [4.78, 5) is 6.26. The molecule has 1 aliphatic heterocycles. The van der Waals surface area contributed by atoms with E-state index in [2.05, 4.69) is 29.7 Å². The van der Waals surface area contributed by atoms with Gasteiger partial charge in [0.15, 0.2) is 0 Å². The summed E-state index contributed by atoms with van der Waals surface area (Å²) in [6, 6.07) is 8.59. The maximum atomic E-state index is 4.84. The van der Waals surface area contributed by atoms with Crippen LogP contribution in [0.2, 0.25) is 0 Å². The van der Waals surface area contributed by atoms with E-state index < -0.39 is 0 Å². The third-order valence-electron chi connectivity index (χ3n) is 2.17. The molecular weight excluding hydrogens is 182 g/mol. The first-order valence-corrected chi connectivity index (χ1v) is 5.28. The molecule has 1 heterocycles. The number of benzene rings is 1. The minimum absolute atomic E-state index is 0.623. The van der Waals surface area contributed by atoms with Crippen LogP contribution in [0.1, 0.15) is 5.56 Å². The molecule has 0 aliphatic carbocycles. The van der Waals surface area contributed by atoms with Gasteiger partial charge in [-0.15, -0.1) is 11.8 Å². The van der Waals surface area contributed by atoms with Gasteiger partial charge in [0.2, 0.25) is 0 Å². The Morgan fingerprint density at radius 3 is 3.15 bits per heavy atom. The van der Waals surface area contributed by atoms with Crippen molar-refractivity contribution in [3.8, 4) is 0 Å². The molecule has 0 aromatic heterocycles. The fourth-order valence-electron chi connectivity index (χ4n) is 1.54. The summed E-state index contributed by atoms with van der Waals surface area (Å²) in [7, 11) is 1.66. The molecule has 0 bridgehead atoms. The Morgan fingerprint density at radius 2 is 2.38 bits per heavy atom. The molecule has 13 heavy (non-hydrogen) atoms. The monoisotopic (exact) mass is 195 g/mol. The van der Waals surface area contributed by atoms with E-state index in [4.69, 9.17) is 4.84 Å². The van der Waals surface area contributed by atoms with Crippen LogP contribution in [0.5, 0.6) is 0 Å². The average molecular weight is 195 g/mol. The molecule has 70 valence electrons. The highest BCUT2D eigenvalue weighted by molar-refractivity contribution is 8.00. The number of hydrogen-bond acceptors (Lipinski definition) is 3. The summed E-state index contributed by atoms with van der Waals surface area (Å²) >= 11 is 1.93. The molecule has 1 aromatic carbocycles. The van der Waals surface area contributed by atoms with Crippen LogP contribution in [-0.4, -0.2) is 18.9 Å². The zero-order valence-corrected chi connectivity index (χ0v) is 8.43. The minimum Gasteiger partial charge on any atom is -0.305 e. The zero-order valence-electron chi connectivity index (χ0n) is 7.62. The number of nitrogens with one attached hydrogen (secondary N) is 1. The van der Waals surface area contributed by atoms with Crippen molar-refractivity contribution in [1.29, 1.82) is 0 Å². The van der Waals surface area contributed by atoms with Crippen LogP contribution in [0.3, 0.4) is 0 Å². The molecule has 1 unspecified atom stereocenters. The van der Waals surface area contributed by atoms with Crippen LogP contribution >= 0.6 is 11.8 Å². The molecule has 0 saturated carbocycles. The minimum atomic E-state index is 0.623. The van der Waals surface area contributed by atoms with E-state index in [0.29, 0.717) is 5.25 Å². The summed E-state index contributed by atoms with van der Waals surface area (Å²) in [6.07, 6.45) is 1.15. The third kappa shape index (κ3) is 2.05. The summed E-state index contributed by atoms with van der Waals surface area (Å²) in [6.45, 7) is 0.913. The van der Waals surface area contributed by atoms with Crippen molar-refractivity contribution in [3.05, 3.63) is 29.8 Å². The summed E-state index contributed by atoms with van der Waals surface area (Å²) in [5.74, 6) is 0. The first-order valence-electron chi connectivity index (χ1n) is 4.40. The molecule has 0 fully saturated rings. The Kier molecular flexibility index (Phi) is 2.88. The predicted octanol–water partition coefficient (Wildman–Crippen LogP) is 1.85. The maximum absolute atomic E-state index is 4.84. The van der Waals surface area contributed by atoms with E-state index in [0.717, 1.165) is 13.0 Å². The van der Waals surface area contributed by atoms with Crippen molar-refractivity contribution >= 4 is 11.8 Å². The molecule has 0 amide bonds. The van der Waals surface area contributed by atoms with E-state index in [-0.39, 0.29) is 0 Å². The van der Waals surface area contributed by atoms with E-state index in [9.17, 15) is 0 Å². The Morgan fingerprint density at radius 1 is 1.54 bits per heavy atom. The van der Waals surface area contributed by atoms with Gasteiger partial charge in [-0.05, 0) is 18.1 Å². The Bertz CT molecular complexity index is 265. The largest absolute Gasteiger partial charge is 0.305 e. The first-order chi connectivity index (χ1) is 6.40. The molecule has 2 nitrogen and oxygen atoms in total. The molecule has 3 heteroatoms. The maximum Gasteiger partial charge on any atom is 0.0572 e. The number of hydrogen-bond donors (Lipinski definition) is 1. The van der Waals surface area contributed by atoms with Crippen molar-refractivity contribution in [2.24, 2.45) is 0 Å². The second-order valence-electron chi connectivity index (χ2n) is 3.10. The van der Waals surface area contributed by atoms with Crippen LogP contribution in [0.25, 0.3) is 0 Å². The Hall–Kier alpha value is -0.510. The number of hydroxylamine groups is 1. The highest BCUT2D eigenvalue weighted by atomic mass is 32.2. The van der Waals surface area contributed by atoms with Crippen LogP contribution in [0.4, 0.5) is 0 Å². The molecular formula is C10H13NOS. The molecule has 1 aliphatic rings. The summed E-state index contributed by atoms with van der Waals surface area (Å²) < 4.78 is 0. The molecule has 1 atom stereocenters. The fourth-order valence-corrected chi connectivity index (χ4v) is 2.78. The quantitative estimate of drug-likeness (QED) is 0.744. The highest BCUT2D eigenvalue weighted by Crippen LogP contribution is 2.36. The van der Waals surface area contributed by atoms with Gasteiger partial charge < -0.3 is 4.84 Å². The lowest BCUT2D eigenvalue weighted by Gasteiger charge is -2.07. The van der Waals surface area contributed by atoms with Gasteiger partial charge in [0, 0.05) is 16.7 Å². The van der Waals surface area contributed by atoms with Crippen LogP contribution in [0, 0.1) is 0 Å². The molecule has 1 N–H and O–H groups in total. The molecule has 1 aromatic rings. The Balaban J connectivity index is 1.97. The van der Waals surface area contributed by atoms with Crippen molar-refractivity contribution in [2.45, 2.75) is 16.6 Å². The molecule has 0 radical (unpaired) electrons. The molecule has 0 saturated heterocycles. The topological polar surface area (TPSA) is 21.3 Å². The van der Waals surface area contributed by atoms with Gasteiger partial charge >= 0.3 is 0 Å². The SMILES string of the molecule is CONCC1Cc2ccccc2S1. The summed E-state index contributed by atoms with van der Waals surface area (Å²) in [5, 5.41) is 0.623. The van der Waals surface area contributed by atoms with Crippen LogP contribution < -0.4 is 5.48 Å². The van der Waals surface area contributed by atoms with Crippen LogP contribution in [-0.2, 0) is 11.3 Å². The van der Waals surface area contributed by atoms with Crippen molar-refractivity contribution in [1.82, 2.24) is 5.48 Å². The molecule has 0 spiro atoms. The van der Waals surface area contributed by atoms with Crippen molar-refractivity contribution < 1.29 is 4.84 Å². The number of thioether (sulfide) groups is 1. The average Bonchev–Trinajstić information content (AvgIpc) is 2.57. The van der Waals surface area contributed by atoms with Gasteiger partial charge in [0.1, 0.15) is 0 Å². The van der Waals surface area contributed by atoms with Crippen molar-refractivity contribution in [2.75, 3.05) is 13.7 Å². The summed E-state index contributed by atoms with van der Waals surface area (Å²) in [5.41, 5.74) is 4.37. The van der Waals surface area contributed by atoms with Gasteiger partial charge in [-0.3, -0.25) is 0 Å². The first kappa shape index (κ1) is 9.06. The van der Waals surface area contributed by atoms with E-state index in [1.54, 1.807) is 7.11 Å². The van der Waals surface area contributed by atoms with E-state index >= 15 is 0 Å². The van der Waals surface area contributed by atoms with Gasteiger partial charge in [0.25, 0.3) is 0 Å². The van der Waals surface area contributed by atoms with Gasteiger partial charge in [-0.25, -0.2) is 5.48 Å². The highest BCUT2D eigenvalue weighted by Gasteiger charge is 2.20. The number of fused-ring (bicyclic) bond motifs is 1. The lowest BCUT2D eigenvalue weighted by atomic mass is 10.1. The predicted molar refractivity (Wildman–Crippen MR) is 54.8 cm³/mol.